The third-order valence-electron chi connectivity index (χ3n) is 3.40. The summed E-state index contributed by atoms with van der Waals surface area (Å²) in [5.41, 5.74) is 0.607. The quantitative estimate of drug-likeness (QED) is 0.921. The second-order valence-electron chi connectivity index (χ2n) is 4.60. The third-order valence-corrected chi connectivity index (χ3v) is 3.76. The average Bonchev–Trinajstić information content (AvgIpc) is 2.35. The number of benzene rings is 1. The van der Waals surface area contributed by atoms with Crippen molar-refractivity contribution in [3.8, 4) is 0 Å². The number of nitrogens with one attached hydrogen (secondary N) is 1. The highest BCUT2D eigenvalue weighted by molar-refractivity contribution is 6.31. The van der Waals surface area contributed by atoms with E-state index < -0.39 is 0 Å². The molecule has 1 fully saturated rings. The Morgan fingerprint density at radius 1 is 1.39 bits per heavy atom. The van der Waals surface area contributed by atoms with Crippen LogP contribution in [0.1, 0.15) is 18.4 Å². The lowest BCUT2D eigenvalue weighted by atomic mass is 10.0. The van der Waals surface area contributed by atoms with Crippen LogP contribution in [0.25, 0.3) is 0 Å². The Kier molecular flexibility index (Phi) is 6.36. The monoisotopic (exact) mass is 292 g/mol. The Hall–Kier alpha value is -0.350. The van der Waals surface area contributed by atoms with Crippen LogP contribution in [-0.4, -0.2) is 31.1 Å². The predicted octanol–water partition coefficient (Wildman–Crippen LogP) is 3.08. The molecule has 2 rings (SSSR count). The van der Waals surface area contributed by atoms with E-state index in [1.807, 2.05) is 7.05 Å². The highest BCUT2D eigenvalue weighted by Crippen LogP contribution is 2.22. The van der Waals surface area contributed by atoms with Crippen molar-refractivity contribution < 1.29 is 4.39 Å². The summed E-state index contributed by atoms with van der Waals surface area (Å²) in [5, 5.41) is 3.85. The van der Waals surface area contributed by atoms with Gasteiger partial charge < -0.3 is 5.32 Å². The highest BCUT2D eigenvalue weighted by Gasteiger charge is 2.19. The fourth-order valence-electron chi connectivity index (χ4n) is 2.31. The molecule has 1 aromatic carbocycles. The number of hydrogen-bond donors (Lipinski definition) is 1. The summed E-state index contributed by atoms with van der Waals surface area (Å²) >= 11 is 6.03. The molecule has 2 nitrogen and oxygen atoms in total. The minimum Gasteiger partial charge on any atom is -0.317 e. The second-order valence-corrected chi connectivity index (χ2v) is 5.00. The zero-order chi connectivity index (χ0) is 12.3. The first-order valence-corrected chi connectivity index (χ1v) is 6.40. The standard InChI is InChI=1S/C13H18ClFN2.ClH/c1-17(10-5-7-16-8-6-10)9-11-12(14)3-2-4-13(11)15;/h2-4,10,16H,5-9H2,1H3;1H. The molecule has 1 saturated heterocycles. The highest BCUT2D eigenvalue weighted by atomic mass is 35.5. The normalized spacial score (nSPS) is 16.7. The van der Waals surface area contributed by atoms with Gasteiger partial charge in [0.1, 0.15) is 5.82 Å². The topological polar surface area (TPSA) is 15.3 Å². The van der Waals surface area contributed by atoms with Crippen LogP contribution in [-0.2, 0) is 6.54 Å². The van der Waals surface area contributed by atoms with Gasteiger partial charge >= 0.3 is 0 Å². The zero-order valence-corrected chi connectivity index (χ0v) is 12.0. The van der Waals surface area contributed by atoms with Crippen molar-refractivity contribution in [2.45, 2.75) is 25.4 Å². The van der Waals surface area contributed by atoms with Crippen molar-refractivity contribution in [2.24, 2.45) is 0 Å². The summed E-state index contributed by atoms with van der Waals surface area (Å²) in [4.78, 5) is 2.20. The molecule has 0 saturated carbocycles. The van der Waals surface area contributed by atoms with Crippen molar-refractivity contribution in [1.82, 2.24) is 10.2 Å². The second kappa shape index (κ2) is 7.29. The Bertz CT molecular complexity index is 361. The van der Waals surface area contributed by atoms with Gasteiger partial charge in [0.15, 0.2) is 0 Å². The molecule has 0 aromatic heterocycles. The van der Waals surface area contributed by atoms with Crippen LogP contribution >= 0.6 is 24.0 Å². The number of halogens is 3. The van der Waals surface area contributed by atoms with Gasteiger partial charge in [-0.2, -0.15) is 0 Å². The van der Waals surface area contributed by atoms with E-state index >= 15 is 0 Å². The third kappa shape index (κ3) is 3.82. The van der Waals surface area contributed by atoms with Gasteiger partial charge in [0.25, 0.3) is 0 Å². The van der Waals surface area contributed by atoms with E-state index in [9.17, 15) is 4.39 Å². The SMILES string of the molecule is CN(Cc1c(F)cccc1Cl)C1CCNCC1.Cl. The molecule has 0 bridgehead atoms. The van der Waals surface area contributed by atoms with E-state index in [1.165, 1.54) is 6.07 Å². The molecule has 1 aromatic rings. The molecular formula is C13H19Cl2FN2. The largest absolute Gasteiger partial charge is 0.317 e. The van der Waals surface area contributed by atoms with Crippen molar-refractivity contribution in [3.05, 3.63) is 34.6 Å². The Balaban J connectivity index is 0.00000162. The molecule has 1 N–H and O–H groups in total. The van der Waals surface area contributed by atoms with Crippen LogP contribution < -0.4 is 5.32 Å². The molecule has 102 valence electrons. The molecule has 0 spiro atoms. The van der Waals surface area contributed by atoms with Gasteiger partial charge in [-0.15, -0.1) is 12.4 Å². The van der Waals surface area contributed by atoms with E-state index in [-0.39, 0.29) is 18.2 Å². The molecule has 0 radical (unpaired) electrons. The van der Waals surface area contributed by atoms with Crippen molar-refractivity contribution in [1.29, 1.82) is 0 Å². The zero-order valence-electron chi connectivity index (χ0n) is 10.5. The fourth-order valence-corrected chi connectivity index (χ4v) is 2.53. The van der Waals surface area contributed by atoms with Crippen LogP contribution in [0.5, 0.6) is 0 Å². The Labute approximate surface area is 119 Å². The first-order valence-electron chi connectivity index (χ1n) is 6.02. The van der Waals surface area contributed by atoms with E-state index in [0.717, 1.165) is 25.9 Å². The summed E-state index contributed by atoms with van der Waals surface area (Å²) < 4.78 is 13.7. The smallest absolute Gasteiger partial charge is 0.129 e. The summed E-state index contributed by atoms with van der Waals surface area (Å²) in [6.07, 6.45) is 2.23. The van der Waals surface area contributed by atoms with Gasteiger partial charge in [-0.05, 0) is 45.1 Å². The summed E-state index contributed by atoms with van der Waals surface area (Å²) in [7, 11) is 2.04. The van der Waals surface area contributed by atoms with Crippen molar-refractivity contribution in [3.63, 3.8) is 0 Å². The Morgan fingerprint density at radius 2 is 2.06 bits per heavy atom. The summed E-state index contributed by atoms with van der Waals surface area (Å²) in [5.74, 6) is -0.210. The molecule has 0 unspecified atom stereocenters. The minimum atomic E-state index is -0.210. The lowest BCUT2D eigenvalue weighted by Gasteiger charge is -2.31. The van der Waals surface area contributed by atoms with Crippen molar-refractivity contribution in [2.75, 3.05) is 20.1 Å². The van der Waals surface area contributed by atoms with Gasteiger partial charge in [-0.25, -0.2) is 4.39 Å². The molecule has 18 heavy (non-hydrogen) atoms. The Morgan fingerprint density at radius 3 is 2.67 bits per heavy atom. The van der Waals surface area contributed by atoms with Crippen molar-refractivity contribution >= 4 is 24.0 Å². The van der Waals surface area contributed by atoms with Gasteiger partial charge in [0.05, 0.1) is 0 Å². The number of rotatable bonds is 3. The van der Waals surface area contributed by atoms with E-state index in [1.54, 1.807) is 12.1 Å². The first kappa shape index (κ1) is 15.7. The van der Waals surface area contributed by atoms with Crippen LogP contribution in [0.3, 0.4) is 0 Å². The lowest BCUT2D eigenvalue weighted by molar-refractivity contribution is 0.190. The maximum absolute atomic E-state index is 13.7. The van der Waals surface area contributed by atoms with E-state index in [0.29, 0.717) is 23.2 Å². The van der Waals surface area contributed by atoms with Gasteiger partial charge in [-0.1, -0.05) is 17.7 Å². The van der Waals surface area contributed by atoms with Crippen LogP contribution in [0.15, 0.2) is 18.2 Å². The molecule has 0 amide bonds. The molecule has 0 atom stereocenters. The van der Waals surface area contributed by atoms with Crippen LogP contribution in [0.2, 0.25) is 5.02 Å². The first-order chi connectivity index (χ1) is 8.18. The van der Waals surface area contributed by atoms with Gasteiger partial charge in [-0.3, -0.25) is 4.90 Å². The van der Waals surface area contributed by atoms with Crippen LogP contribution in [0.4, 0.5) is 4.39 Å². The molecular weight excluding hydrogens is 274 g/mol. The van der Waals surface area contributed by atoms with Gasteiger partial charge in [0.2, 0.25) is 0 Å². The van der Waals surface area contributed by atoms with E-state index in [4.69, 9.17) is 11.6 Å². The van der Waals surface area contributed by atoms with Gasteiger partial charge in [0, 0.05) is 23.2 Å². The average molecular weight is 293 g/mol. The maximum atomic E-state index is 13.7. The fraction of sp³-hybridized carbons (Fsp3) is 0.538. The number of hydrogen-bond acceptors (Lipinski definition) is 2. The molecule has 5 heteroatoms. The molecule has 1 heterocycles. The predicted molar refractivity (Wildman–Crippen MR) is 76.0 cm³/mol. The lowest BCUT2D eigenvalue weighted by Crippen LogP contribution is -2.40. The summed E-state index contributed by atoms with van der Waals surface area (Å²) in [6, 6.07) is 5.38. The van der Waals surface area contributed by atoms with Crippen LogP contribution in [0, 0.1) is 5.82 Å². The number of nitrogens with zero attached hydrogens (tertiary/aromatic N) is 1. The molecule has 1 aliphatic rings. The summed E-state index contributed by atoms with van der Waals surface area (Å²) in [6.45, 7) is 2.66. The maximum Gasteiger partial charge on any atom is 0.129 e. The molecule has 0 aliphatic carbocycles. The number of piperidine rings is 1. The minimum absolute atomic E-state index is 0. The molecule has 1 aliphatic heterocycles. The van der Waals surface area contributed by atoms with E-state index in [2.05, 4.69) is 10.2 Å².